The molecule has 4 aliphatic carbocycles. The number of carbonyl (C=O) groups is 6. The molecule has 0 heterocycles. The average Bonchev–Trinajstić information content (AvgIpc) is 1.64. The quantitative estimate of drug-likeness (QED) is 0.0426. The molecule has 0 aromatic heterocycles. The number of halogens is 12. The summed E-state index contributed by atoms with van der Waals surface area (Å²) in [4.78, 5) is 66.3. The van der Waals surface area contributed by atoms with Crippen LogP contribution < -0.4 is 37.7 Å². The van der Waals surface area contributed by atoms with Crippen LogP contribution in [-0.2, 0) is 91.0 Å². The minimum Gasteiger partial charge on any atom is -1.00 e. The number of ketones is 4. The molecule has 0 unspecified atom stereocenters. The fraction of sp³-hybridized carbons (Fsp3) is 0.248. The van der Waals surface area contributed by atoms with Crippen LogP contribution in [0.1, 0.15) is 132 Å². The second-order valence-electron chi connectivity index (χ2n) is 32.8. The third-order valence-electron chi connectivity index (χ3n) is 21.8. The van der Waals surface area contributed by atoms with Gasteiger partial charge in [-0.3, -0.25) is 28.8 Å². The molecule has 13 nitrogen and oxygen atoms in total. The van der Waals surface area contributed by atoms with E-state index in [1.54, 1.807) is 68.4 Å². The van der Waals surface area contributed by atoms with E-state index < -0.39 is 36.8 Å². The molecule has 0 atom stereocenters. The van der Waals surface area contributed by atoms with E-state index in [1.165, 1.54) is 57.9 Å². The number of phenols is 7. The smallest absolute Gasteiger partial charge is 1.00 e. The van der Waals surface area contributed by atoms with E-state index in [1.807, 2.05) is 180 Å². The zero-order valence-electron chi connectivity index (χ0n) is 75.7. The number of alkyl halides is 4. The summed E-state index contributed by atoms with van der Waals surface area (Å²) in [6.07, 6.45) is 8.36. The first-order valence-corrected chi connectivity index (χ1v) is 55.7. The molecular weight excluding hydrogens is 2150 g/mol. The summed E-state index contributed by atoms with van der Waals surface area (Å²) >= 11 is 18.8. The Morgan fingerprint density at radius 3 is 1.17 bits per heavy atom. The molecule has 14 aromatic rings. The van der Waals surface area contributed by atoms with Crippen molar-refractivity contribution in [1.29, 1.82) is 0 Å². The summed E-state index contributed by atoms with van der Waals surface area (Å²) in [6, 6.07) is 72.4. The van der Waals surface area contributed by atoms with Gasteiger partial charge in [-0.2, -0.15) is 0 Å². The summed E-state index contributed by atoms with van der Waals surface area (Å²) in [5.74, 6) is 3.07. The molecule has 0 radical (unpaired) electrons. The van der Waals surface area contributed by atoms with E-state index in [9.17, 15) is 64.5 Å². The molecule has 18 rings (SSSR count). The summed E-state index contributed by atoms with van der Waals surface area (Å²) in [5, 5.41) is 81.5. The van der Waals surface area contributed by atoms with Crippen molar-refractivity contribution in [2.45, 2.75) is 146 Å². The summed E-state index contributed by atoms with van der Waals surface area (Å²) < 4.78 is -1.06. The van der Waals surface area contributed by atoms with Crippen LogP contribution in [0, 0.1) is 6.92 Å². The average molecular weight is 2250 g/mol. The van der Waals surface area contributed by atoms with Gasteiger partial charge in [0.2, 0.25) is 10.5 Å². The van der Waals surface area contributed by atoms with Gasteiger partial charge in [0, 0.05) is 75.2 Å². The largest absolute Gasteiger partial charge is 1.00 e. The van der Waals surface area contributed by atoms with Crippen molar-refractivity contribution < 1.29 is 105 Å². The molecule has 4 aliphatic rings. The van der Waals surface area contributed by atoms with Crippen molar-refractivity contribution in [2.24, 2.45) is 0 Å². The van der Waals surface area contributed by atoms with E-state index in [0.717, 1.165) is 111 Å². The van der Waals surface area contributed by atoms with Gasteiger partial charge in [-0.15, -0.1) is 0 Å². The van der Waals surface area contributed by atoms with Crippen LogP contribution in [0.15, 0.2) is 231 Å². The van der Waals surface area contributed by atoms with Gasteiger partial charge in [-0.05, 0) is 245 Å². The number of aromatic hydroxyl groups is 7. The topological polar surface area (TPSA) is 244 Å². The fourth-order valence-corrected chi connectivity index (χ4v) is 15.7. The number of rotatable bonds is 8. The van der Waals surface area contributed by atoms with Crippen LogP contribution in [0.5, 0.6) is 40.2 Å². The van der Waals surface area contributed by atoms with Crippen molar-refractivity contribution in [3.63, 3.8) is 0 Å². The second kappa shape index (κ2) is 55.2. The minimum atomic E-state index is -1.72. The van der Waals surface area contributed by atoms with Gasteiger partial charge in [0.25, 0.3) is 0 Å². The van der Waals surface area contributed by atoms with Gasteiger partial charge in [0.15, 0.2) is 40.5 Å². The van der Waals surface area contributed by atoms with Crippen LogP contribution in [0.4, 0.5) is 0 Å². The van der Waals surface area contributed by atoms with E-state index in [-0.39, 0.29) is 143 Å². The van der Waals surface area contributed by atoms with Crippen LogP contribution in [-0.4, -0.2) is 146 Å². The first-order chi connectivity index (χ1) is 60.3. The van der Waals surface area contributed by atoms with Crippen molar-refractivity contribution in [3.8, 4) is 40.2 Å². The molecule has 0 amide bonds. The molecule has 31 heteroatoms. The molecular formula is C101H104Al4Br4Cl8Li2O13. The summed E-state index contributed by atoms with van der Waals surface area (Å²) in [6.45, 7) is 17.7. The molecule has 0 saturated carbocycles. The number of aryl methyl sites for hydroxylation is 4. The van der Waals surface area contributed by atoms with E-state index in [4.69, 9.17) is 83.5 Å². The molecule has 132 heavy (non-hydrogen) atoms. The number of phenolic OH excluding ortho intramolecular Hbond substituents is 7. The predicted molar refractivity (Wildman–Crippen MR) is 573 cm³/mol. The molecule has 0 spiro atoms. The number of hydrogen-bond acceptors (Lipinski definition) is 13. The Hall–Kier alpha value is -4.92. The van der Waals surface area contributed by atoms with E-state index in [0.29, 0.717) is 54.7 Å². The third kappa shape index (κ3) is 34.0. The Bertz CT molecular complexity index is 6410. The monoisotopic (exact) mass is 2240 g/mol. The SMILES string of the molecule is CC(C)(Br)C(=O)Cc1ccc2c(O)cccc2c1.CC(C)(Br)C(=O)Cl.CC1(C)C(=O)Cc2ccc3c(O)cccc3c21.CC1(C)CCc2ccc3c(O)cccc3c21.Cc1ccc2c(O)cccc2c1.O=C(CBr)Cc1ccc2c(O)cccc2c1.O=C(Cl)CBr.O=C1Cc2ccc3c(O)cccc3c2C1.Oc1cccc2c3c(ccc12)CCC3.[AlH3].[AlH3].[Cl][Al]([Cl])[Cl].[Cl][Al]([Cl])[Cl].[H-].[H-].[Li+].[Li+]. The Morgan fingerprint density at radius 2 is 0.750 bits per heavy atom. The Morgan fingerprint density at radius 1 is 0.402 bits per heavy atom. The normalized spacial score (nSPS) is 12.7. The molecule has 7 N–H and O–H groups in total. The van der Waals surface area contributed by atoms with E-state index in [2.05, 4.69) is 108 Å². The second-order valence-corrected chi connectivity index (χ2v) is 51.5. The molecule has 0 fully saturated rings. The number of hydrogen-bond donors (Lipinski definition) is 7. The summed E-state index contributed by atoms with van der Waals surface area (Å²) in [5.41, 5.74) is 13.1. The first-order valence-electron chi connectivity index (χ1n) is 40.6. The van der Waals surface area contributed by atoms with Gasteiger partial charge < -0.3 is 38.6 Å². The molecule has 0 aliphatic heterocycles. The Labute approximate surface area is 896 Å². The Balaban J connectivity index is 0.000000508. The van der Waals surface area contributed by atoms with Crippen molar-refractivity contribution in [3.05, 3.63) is 292 Å². The van der Waals surface area contributed by atoms with Gasteiger partial charge in [0.05, 0.1) is 19.3 Å². The molecule has 0 bridgehead atoms. The molecule has 0 saturated heterocycles. The number of Topliss-reactive ketones (excluding diaryl/α,β-unsaturated/α-hetero) is 4. The third-order valence-corrected chi connectivity index (χ3v) is 24.8. The van der Waals surface area contributed by atoms with Crippen LogP contribution in [0.2, 0.25) is 0 Å². The number of benzene rings is 14. The number of carbonyl (C=O) groups excluding carboxylic acids is 6. The van der Waals surface area contributed by atoms with Crippen LogP contribution in [0.3, 0.4) is 0 Å². The van der Waals surface area contributed by atoms with Gasteiger partial charge in [-0.1, -0.05) is 271 Å². The van der Waals surface area contributed by atoms with Crippen LogP contribution >= 0.6 is 147 Å². The van der Waals surface area contributed by atoms with Crippen LogP contribution in [0.25, 0.3) is 75.4 Å². The standard InChI is InChI=1S/C15H15BrO2.C15H14O2.C15H16O.C13H11BrO2.C13H10O2.C13H12O.C11H10O.C4H6BrClO.C2H2BrClO.4Al.6ClH.2Li.8H/c1-15(2,16)14(18)9-10-6-7-12-11(8-10)4-3-5-13(12)17;1-15(2)13(17)8-9-6-7-10-11(14(9)15)4-3-5-12(10)16;1-15(2)9-8-10-6-7-11-12(14(10)15)4-3-5-13(11)16;14-8-11(15)7-9-4-5-12-10(6-9)2-1-3-13(12)16;14-9-6-8-4-5-11-10(12(8)7-9)2-1-3-13(11)15;14-13-6-2-5-11-10-4-1-3-9(10)7-8-12(11)13;1-8-5-6-10-9(7-8)3-2-4-11(10)12;1-4(2,5)3(6)7;3-1-2(4)5;;;;;;;;;;;;;;;;;;;;/h3-8,17H,9H2,1-2H3;3-7,16H,8H2,1-2H3;3-7,16H,8-9H2,1-2H3;1-6,16H,7-8H2;1-5,15H,6-7H2;2,5-8,14H,1,3-4H2;2-7,12H,1H3;1-2H3;1H2;;;;;6*1H;;;;;;;;;;/q;;;;;;;;;;;2*+3;;;;;;;2*+1;;;;;;;2*-1/p-6. The number of fused-ring (bicyclic) bond motifs is 15. The first kappa shape index (κ1) is 119. The van der Waals surface area contributed by atoms with Crippen molar-refractivity contribution in [2.75, 3.05) is 10.7 Å². The van der Waals surface area contributed by atoms with Crippen molar-refractivity contribution in [1.82, 2.24) is 0 Å². The van der Waals surface area contributed by atoms with Crippen molar-refractivity contribution >= 4 is 314 Å². The zero-order valence-corrected chi connectivity index (χ0v) is 88.4. The fourth-order valence-electron chi connectivity index (χ4n) is 15.4. The summed E-state index contributed by atoms with van der Waals surface area (Å²) in [7, 11) is 29.7. The van der Waals surface area contributed by atoms with Gasteiger partial charge >= 0.3 is 60.5 Å². The zero-order chi connectivity index (χ0) is 94.4. The van der Waals surface area contributed by atoms with E-state index >= 15 is 0 Å². The van der Waals surface area contributed by atoms with Gasteiger partial charge in [0.1, 0.15) is 57.6 Å². The van der Waals surface area contributed by atoms with Gasteiger partial charge in [-0.25, -0.2) is 60.3 Å². The minimum absolute atomic E-state index is 0. The molecule has 684 valence electrons. The predicted octanol–water partition coefficient (Wildman–Crippen LogP) is 20.0. The maximum Gasteiger partial charge on any atom is 1.00 e. The molecule has 14 aromatic carbocycles. The maximum atomic E-state index is 12.0. The Kier molecular flexibility index (Phi) is 49.9. The maximum absolute atomic E-state index is 12.0.